The van der Waals surface area contributed by atoms with E-state index < -0.39 is 46.9 Å². The molecule has 0 aliphatic carbocycles. The van der Waals surface area contributed by atoms with Gasteiger partial charge < -0.3 is 10.4 Å². The maximum atomic E-state index is 14.4. The van der Waals surface area contributed by atoms with E-state index in [0.29, 0.717) is 22.0 Å². The van der Waals surface area contributed by atoms with Gasteiger partial charge in [0.2, 0.25) is 0 Å². The molecule has 2 N–H and O–H groups in total. The van der Waals surface area contributed by atoms with E-state index in [9.17, 15) is 36.6 Å². The first kappa shape index (κ1) is 27.6. The van der Waals surface area contributed by atoms with Gasteiger partial charge in [-0.1, -0.05) is 48.5 Å². The molecule has 0 bridgehead atoms. The standard InChI is InChI=1S/C30H20F5N3O3/c1-15-17-6-2-3-7-19(17)25(30(33,34)35)27(37-15)20-12-11-16(18-8-5-13-36-26(18)20)14-23(29(40)41)38-28(39)24-21(31)9-4-10-22(24)32/h2-13,23H,14H2,1H3,(H,38,39)(H,40,41)/t23-/m0/s1. The summed E-state index contributed by atoms with van der Waals surface area (Å²) in [5.41, 5.74) is -1.28. The van der Waals surface area contributed by atoms with Gasteiger partial charge >= 0.3 is 12.1 Å². The Hall–Kier alpha value is -4.93. The van der Waals surface area contributed by atoms with Gasteiger partial charge in [-0.25, -0.2) is 13.6 Å². The molecule has 11 heteroatoms. The van der Waals surface area contributed by atoms with Gasteiger partial charge in [0, 0.05) is 34.6 Å². The highest BCUT2D eigenvalue weighted by Gasteiger charge is 2.38. The van der Waals surface area contributed by atoms with Crippen LogP contribution in [-0.2, 0) is 17.4 Å². The number of nitrogens with zero attached hydrogens (tertiary/aromatic N) is 2. The Balaban J connectivity index is 1.61. The average molecular weight is 565 g/mol. The van der Waals surface area contributed by atoms with Gasteiger partial charge in [0.1, 0.15) is 23.2 Å². The van der Waals surface area contributed by atoms with E-state index in [4.69, 9.17) is 0 Å². The first-order valence-electron chi connectivity index (χ1n) is 12.3. The minimum Gasteiger partial charge on any atom is -0.480 e. The number of hydrogen-bond acceptors (Lipinski definition) is 4. The molecule has 0 saturated heterocycles. The van der Waals surface area contributed by atoms with Crippen LogP contribution in [0.1, 0.15) is 27.2 Å². The van der Waals surface area contributed by atoms with Crippen molar-refractivity contribution < 1.29 is 36.6 Å². The fraction of sp³-hybridized carbons (Fsp3) is 0.133. The third-order valence-electron chi connectivity index (χ3n) is 6.72. The Morgan fingerprint density at radius 2 is 1.56 bits per heavy atom. The number of carbonyl (C=O) groups is 2. The second-order valence-corrected chi connectivity index (χ2v) is 9.30. The summed E-state index contributed by atoms with van der Waals surface area (Å²) in [4.78, 5) is 33.2. The zero-order valence-corrected chi connectivity index (χ0v) is 21.3. The predicted molar refractivity (Wildman–Crippen MR) is 141 cm³/mol. The number of aromatic nitrogens is 2. The summed E-state index contributed by atoms with van der Waals surface area (Å²) >= 11 is 0. The summed E-state index contributed by atoms with van der Waals surface area (Å²) in [7, 11) is 0. The SMILES string of the molecule is Cc1nc(-c2ccc(C[C@H](NC(=O)c3c(F)cccc3F)C(=O)O)c3cccnc23)c(C(F)(F)F)c2ccccc12. The number of rotatable bonds is 6. The Labute approximate surface area is 229 Å². The summed E-state index contributed by atoms with van der Waals surface area (Å²) in [6, 6.07) is 13.1. The van der Waals surface area contributed by atoms with Gasteiger partial charge in [-0.15, -0.1) is 0 Å². The summed E-state index contributed by atoms with van der Waals surface area (Å²) in [6.45, 7) is 1.61. The van der Waals surface area contributed by atoms with Crippen molar-refractivity contribution in [2.75, 3.05) is 0 Å². The van der Waals surface area contributed by atoms with E-state index >= 15 is 0 Å². The maximum absolute atomic E-state index is 14.4. The first-order chi connectivity index (χ1) is 19.5. The fourth-order valence-corrected chi connectivity index (χ4v) is 4.88. The highest BCUT2D eigenvalue weighted by atomic mass is 19.4. The Kier molecular flexibility index (Phi) is 7.12. The summed E-state index contributed by atoms with van der Waals surface area (Å²) < 4.78 is 71.5. The lowest BCUT2D eigenvalue weighted by Gasteiger charge is -2.19. The lowest BCUT2D eigenvalue weighted by molar-refractivity contribution is -0.139. The van der Waals surface area contributed by atoms with Gasteiger partial charge in [-0.3, -0.25) is 14.8 Å². The van der Waals surface area contributed by atoms with E-state index in [1.54, 1.807) is 25.1 Å². The number of carboxylic acid groups (broad SMARTS) is 1. The molecule has 2 heterocycles. The van der Waals surface area contributed by atoms with Crippen LogP contribution in [0.2, 0.25) is 0 Å². The number of aryl methyl sites for hydroxylation is 1. The van der Waals surface area contributed by atoms with Crippen LogP contribution in [0.15, 0.2) is 72.9 Å². The third-order valence-corrected chi connectivity index (χ3v) is 6.72. The summed E-state index contributed by atoms with van der Waals surface area (Å²) in [5, 5.41) is 12.6. The van der Waals surface area contributed by atoms with Crippen LogP contribution in [-0.4, -0.2) is 33.0 Å². The molecule has 41 heavy (non-hydrogen) atoms. The molecule has 208 valence electrons. The molecule has 0 aliphatic heterocycles. The third kappa shape index (κ3) is 5.18. The van der Waals surface area contributed by atoms with E-state index in [1.807, 2.05) is 0 Å². The van der Waals surface area contributed by atoms with Crippen LogP contribution in [0.3, 0.4) is 0 Å². The Morgan fingerprint density at radius 1 is 0.902 bits per heavy atom. The number of fused-ring (bicyclic) bond motifs is 2. The zero-order valence-electron chi connectivity index (χ0n) is 21.3. The van der Waals surface area contributed by atoms with E-state index in [0.717, 1.165) is 18.2 Å². The van der Waals surface area contributed by atoms with Crippen LogP contribution >= 0.6 is 0 Å². The topological polar surface area (TPSA) is 92.2 Å². The minimum atomic E-state index is -4.75. The number of halogens is 5. The molecule has 0 spiro atoms. The van der Waals surface area contributed by atoms with E-state index in [1.165, 1.54) is 36.5 Å². The second kappa shape index (κ2) is 10.6. The van der Waals surface area contributed by atoms with Crippen LogP contribution in [0.5, 0.6) is 0 Å². The van der Waals surface area contributed by atoms with Crippen molar-refractivity contribution in [1.29, 1.82) is 0 Å². The van der Waals surface area contributed by atoms with Crippen LogP contribution in [0, 0.1) is 18.6 Å². The number of pyridine rings is 2. The molecule has 0 fully saturated rings. The summed E-state index contributed by atoms with van der Waals surface area (Å²) in [6.07, 6.45) is -3.72. The number of hydrogen-bond donors (Lipinski definition) is 2. The molecular weight excluding hydrogens is 545 g/mol. The number of alkyl halides is 3. The largest absolute Gasteiger partial charge is 0.480 e. The van der Waals surface area contributed by atoms with Crippen LogP contribution in [0.4, 0.5) is 22.0 Å². The monoisotopic (exact) mass is 565 g/mol. The molecule has 2 aromatic heterocycles. The van der Waals surface area contributed by atoms with Gasteiger partial charge in [0.15, 0.2) is 0 Å². The number of benzene rings is 3. The molecule has 3 aromatic carbocycles. The number of carbonyl (C=O) groups excluding carboxylic acids is 1. The minimum absolute atomic E-state index is 0.0234. The molecule has 5 rings (SSSR count). The molecule has 5 aromatic rings. The molecular formula is C30H20F5N3O3. The van der Waals surface area contributed by atoms with Crippen molar-refractivity contribution >= 4 is 33.6 Å². The van der Waals surface area contributed by atoms with Crippen molar-refractivity contribution in [2.24, 2.45) is 0 Å². The molecule has 0 radical (unpaired) electrons. The Bertz CT molecular complexity index is 1820. The number of aliphatic carboxylic acids is 1. The molecule has 1 atom stereocenters. The predicted octanol–water partition coefficient (Wildman–Crippen LogP) is 6.48. The molecule has 0 saturated carbocycles. The molecule has 6 nitrogen and oxygen atoms in total. The van der Waals surface area contributed by atoms with E-state index in [2.05, 4.69) is 15.3 Å². The maximum Gasteiger partial charge on any atom is 0.419 e. The molecule has 1 amide bonds. The fourth-order valence-electron chi connectivity index (χ4n) is 4.88. The Morgan fingerprint density at radius 3 is 2.22 bits per heavy atom. The van der Waals surface area contributed by atoms with Crippen LogP contribution < -0.4 is 5.32 Å². The lowest BCUT2D eigenvalue weighted by Crippen LogP contribution is -2.43. The van der Waals surface area contributed by atoms with E-state index in [-0.39, 0.29) is 28.6 Å². The van der Waals surface area contributed by atoms with Gasteiger partial charge in [0.05, 0.1) is 16.8 Å². The van der Waals surface area contributed by atoms with Gasteiger partial charge in [-0.2, -0.15) is 13.2 Å². The van der Waals surface area contributed by atoms with Crippen molar-refractivity contribution in [1.82, 2.24) is 15.3 Å². The zero-order chi connectivity index (χ0) is 29.5. The van der Waals surface area contributed by atoms with Crippen LogP contribution in [0.25, 0.3) is 32.9 Å². The highest BCUT2D eigenvalue weighted by Crippen LogP contribution is 2.43. The van der Waals surface area contributed by atoms with Crippen molar-refractivity contribution in [3.8, 4) is 11.3 Å². The normalized spacial score (nSPS) is 12.4. The number of nitrogens with one attached hydrogen (secondary N) is 1. The van der Waals surface area contributed by atoms with Crippen molar-refractivity contribution in [3.63, 3.8) is 0 Å². The summed E-state index contributed by atoms with van der Waals surface area (Å²) in [5.74, 6) is -5.08. The molecule has 0 unspecified atom stereocenters. The second-order valence-electron chi connectivity index (χ2n) is 9.30. The first-order valence-corrected chi connectivity index (χ1v) is 12.3. The molecule has 0 aliphatic rings. The quantitative estimate of drug-likeness (QED) is 0.230. The number of carboxylic acids is 1. The lowest BCUT2D eigenvalue weighted by atomic mass is 9.93. The average Bonchev–Trinajstić information content (AvgIpc) is 2.92. The van der Waals surface area contributed by atoms with Gasteiger partial charge in [0.25, 0.3) is 5.91 Å². The van der Waals surface area contributed by atoms with Crippen molar-refractivity contribution in [2.45, 2.75) is 25.6 Å². The highest BCUT2D eigenvalue weighted by molar-refractivity contribution is 6.00. The van der Waals surface area contributed by atoms with Gasteiger partial charge in [-0.05, 0) is 36.1 Å². The smallest absolute Gasteiger partial charge is 0.419 e. The number of amides is 1. The van der Waals surface area contributed by atoms with Crippen molar-refractivity contribution in [3.05, 3.63) is 107 Å².